The third-order valence-electron chi connectivity index (χ3n) is 3.37. The second-order valence-corrected chi connectivity index (χ2v) is 5.83. The molecule has 0 aliphatic heterocycles. The fourth-order valence-electron chi connectivity index (χ4n) is 2.23. The average Bonchev–Trinajstić information content (AvgIpc) is 2.49. The van der Waals surface area contributed by atoms with Crippen LogP contribution in [0.3, 0.4) is 0 Å². The van der Waals surface area contributed by atoms with Crippen LogP contribution in [0.4, 0.5) is 11.4 Å². The highest BCUT2D eigenvalue weighted by atomic mass is 35.5. The van der Waals surface area contributed by atoms with Crippen molar-refractivity contribution in [2.45, 2.75) is 20.3 Å². The molecular weight excluding hydrogens is 319 g/mol. The number of carbonyl (C=O) groups excluding carboxylic acids is 1. The number of nitrogens with one attached hydrogen (secondary N) is 2. The van der Waals surface area contributed by atoms with Crippen LogP contribution in [0.25, 0.3) is 0 Å². The van der Waals surface area contributed by atoms with Crippen molar-refractivity contribution in [3.63, 3.8) is 0 Å². The van der Waals surface area contributed by atoms with Crippen molar-refractivity contribution in [2.24, 2.45) is 0 Å². The summed E-state index contributed by atoms with van der Waals surface area (Å²) in [5.41, 5.74) is 3.83. The van der Waals surface area contributed by atoms with Crippen molar-refractivity contribution in [2.75, 3.05) is 17.2 Å². The maximum absolute atomic E-state index is 12.1. The van der Waals surface area contributed by atoms with Crippen LogP contribution in [0.1, 0.15) is 18.1 Å². The van der Waals surface area contributed by atoms with Gasteiger partial charge in [-0.1, -0.05) is 48.3 Å². The van der Waals surface area contributed by atoms with E-state index in [2.05, 4.69) is 23.6 Å². The predicted molar refractivity (Wildman–Crippen MR) is 94.1 cm³/mol. The Morgan fingerprint density at radius 3 is 2.68 bits per heavy atom. The molecule has 2 rings (SSSR count). The highest BCUT2D eigenvalue weighted by molar-refractivity contribution is 6.35. The van der Waals surface area contributed by atoms with Crippen molar-refractivity contribution in [1.29, 1.82) is 0 Å². The first-order valence-corrected chi connectivity index (χ1v) is 7.84. The number of hydrogen-bond donors (Lipinski definition) is 2. The van der Waals surface area contributed by atoms with Crippen molar-refractivity contribution in [3.8, 4) is 0 Å². The molecule has 0 aliphatic carbocycles. The monoisotopic (exact) mass is 336 g/mol. The van der Waals surface area contributed by atoms with Gasteiger partial charge in [-0.2, -0.15) is 0 Å². The maximum atomic E-state index is 12.1. The van der Waals surface area contributed by atoms with Gasteiger partial charge in [-0.25, -0.2) is 0 Å². The molecule has 2 aromatic carbocycles. The quantitative estimate of drug-likeness (QED) is 0.813. The average molecular weight is 337 g/mol. The van der Waals surface area contributed by atoms with Gasteiger partial charge in [-0.05, 0) is 42.7 Å². The summed E-state index contributed by atoms with van der Waals surface area (Å²) in [6.07, 6.45) is 0.908. The minimum Gasteiger partial charge on any atom is -0.376 e. The zero-order chi connectivity index (χ0) is 16.1. The summed E-state index contributed by atoms with van der Waals surface area (Å²) in [5.74, 6) is -0.172. The second kappa shape index (κ2) is 7.52. The van der Waals surface area contributed by atoms with E-state index < -0.39 is 0 Å². The first kappa shape index (κ1) is 16.7. The van der Waals surface area contributed by atoms with Gasteiger partial charge >= 0.3 is 0 Å². The molecule has 0 saturated carbocycles. The Labute approximate surface area is 140 Å². The largest absolute Gasteiger partial charge is 0.376 e. The number of hydrogen-bond acceptors (Lipinski definition) is 2. The van der Waals surface area contributed by atoms with Crippen molar-refractivity contribution >= 4 is 40.5 Å². The van der Waals surface area contributed by atoms with Crippen molar-refractivity contribution in [1.82, 2.24) is 0 Å². The molecule has 0 fully saturated rings. The SMILES string of the molecule is CCc1cccc(C)c1NCC(=O)Nc1cc(Cl)ccc1Cl. The van der Waals surface area contributed by atoms with E-state index in [4.69, 9.17) is 23.2 Å². The Morgan fingerprint density at radius 2 is 1.95 bits per heavy atom. The van der Waals surface area contributed by atoms with Crippen LogP contribution in [-0.4, -0.2) is 12.5 Å². The molecule has 0 bridgehead atoms. The Kier molecular flexibility index (Phi) is 5.69. The van der Waals surface area contributed by atoms with E-state index in [1.807, 2.05) is 19.1 Å². The van der Waals surface area contributed by atoms with Crippen LogP contribution in [0.2, 0.25) is 10.0 Å². The standard InChI is InChI=1S/C17H18Cl2N2O/c1-3-12-6-4-5-11(2)17(12)20-10-16(22)21-15-9-13(18)7-8-14(15)19/h4-9,20H,3,10H2,1-2H3,(H,21,22). The van der Waals surface area contributed by atoms with E-state index in [9.17, 15) is 4.79 Å². The minimum absolute atomic E-state index is 0.167. The summed E-state index contributed by atoms with van der Waals surface area (Å²) in [5, 5.41) is 6.95. The van der Waals surface area contributed by atoms with Gasteiger partial charge in [0.1, 0.15) is 0 Å². The van der Waals surface area contributed by atoms with Crippen molar-refractivity contribution < 1.29 is 4.79 Å². The Hall–Kier alpha value is -1.71. The lowest BCUT2D eigenvalue weighted by Gasteiger charge is -2.14. The highest BCUT2D eigenvalue weighted by Crippen LogP contribution is 2.25. The van der Waals surface area contributed by atoms with E-state index >= 15 is 0 Å². The van der Waals surface area contributed by atoms with Gasteiger partial charge in [-0.3, -0.25) is 4.79 Å². The number of para-hydroxylation sites is 1. The number of aryl methyl sites for hydroxylation is 2. The molecule has 2 N–H and O–H groups in total. The molecule has 1 amide bonds. The number of carbonyl (C=O) groups is 1. The van der Waals surface area contributed by atoms with E-state index in [1.54, 1.807) is 18.2 Å². The van der Waals surface area contributed by atoms with E-state index in [1.165, 1.54) is 5.56 Å². The van der Waals surface area contributed by atoms with Crippen LogP contribution < -0.4 is 10.6 Å². The highest BCUT2D eigenvalue weighted by Gasteiger charge is 2.09. The first-order valence-electron chi connectivity index (χ1n) is 7.08. The normalized spacial score (nSPS) is 10.4. The summed E-state index contributed by atoms with van der Waals surface area (Å²) in [6.45, 7) is 4.28. The van der Waals surface area contributed by atoms with Gasteiger partial charge < -0.3 is 10.6 Å². The molecule has 0 aliphatic rings. The Balaban J connectivity index is 2.03. The lowest BCUT2D eigenvalue weighted by atomic mass is 10.1. The fourth-order valence-corrected chi connectivity index (χ4v) is 2.57. The predicted octanol–water partition coefficient (Wildman–Crippen LogP) is 4.91. The maximum Gasteiger partial charge on any atom is 0.243 e. The van der Waals surface area contributed by atoms with E-state index in [0.717, 1.165) is 17.7 Å². The summed E-state index contributed by atoms with van der Waals surface area (Å²) in [7, 11) is 0. The molecule has 0 spiro atoms. The molecule has 5 heteroatoms. The van der Waals surface area contributed by atoms with E-state index in [0.29, 0.717) is 15.7 Å². The van der Waals surface area contributed by atoms with Crippen LogP contribution in [0, 0.1) is 6.92 Å². The smallest absolute Gasteiger partial charge is 0.243 e. The Morgan fingerprint density at radius 1 is 1.18 bits per heavy atom. The fraction of sp³-hybridized carbons (Fsp3) is 0.235. The second-order valence-electron chi connectivity index (χ2n) is 4.99. The molecule has 0 aromatic heterocycles. The summed E-state index contributed by atoms with van der Waals surface area (Å²) in [4.78, 5) is 12.1. The topological polar surface area (TPSA) is 41.1 Å². The van der Waals surface area contributed by atoms with Gasteiger partial charge in [0.25, 0.3) is 0 Å². The molecule has 0 saturated heterocycles. The molecule has 0 heterocycles. The first-order chi connectivity index (χ1) is 10.5. The number of rotatable bonds is 5. The number of halogens is 2. The molecule has 0 radical (unpaired) electrons. The molecule has 22 heavy (non-hydrogen) atoms. The van der Waals surface area contributed by atoms with Crippen LogP contribution in [0.5, 0.6) is 0 Å². The minimum atomic E-state index is -0.172. The van der Waals surface area contributed by atoms with Crippen LogP contribution in [0.15, 0.2) is 36.4 Å². The van der Waals surface area contributed by atoms with Crippen LogP contribution in [-0.2, 0) is 11.2 Å². The Bertz CT molecular complexity index is 686. The zero-order valence-electron chi connectivity index (χ0n) is 12.5. The summed E-state index contributed by atoms with van der Waals surface area (Å²) >= 11 is 11.9. The zero-order valence-corrected chi connectivity index (χ0v) is 14.1. The van der Waals surface area contributed by atoms with Gasteiger partial charge in [0.05, 0.1) is 17.3 Å². The van der Waals surface area contributed by atoms with Crippen LogP contribution >= 0.6 is 23.2 Å². The van der Waals surface area contributed by atoms with Gasteiger partial charge in [0.15, 0.2) is 0 Å². The number of anilines is 2. The lowest BCUT2D eigenvalue weighted by molar-refractivity contribution is -0.114. The number of amides is 1. The molecule has 3 nitrogen and oxygen atoms in total. The summed E-state index contributed by atoms with van der Waals surface area (Å²) in [6, 6.07) is 11.1. The van der Waals surface area contributed by atoms with E-state index in [-0.39, 0.29) is 12.5 Å². The van der Waals surface area contributed by atoms with Gasteiger partial charge in [0, 0.05) is 10.7 Å². The van der Waals surface area contributed by atoms with Gasteiger partial charge in [-0.15, -0.1) is 0 Å². The molecule has 2 aromatic rings. The van der Waals surface area contributed by atoms with Crippen molar-refractivity contribution in [3.05, 3.63) is 57.6 Å². The lowest BCUT2D eigenvalue weighted by Crippen LogP contribution is -2.22. The molecular formula is C17H18Cl2N2O. The molecule has 0 unspecified atom stereocenters. The van der Waals surface area contributed by atoms with Gasteiger partial charge in [0.2, 0.25) is 5.91 Å². The summed E-state index contributed by atoms with van der Waals surface area (Å²) < 4.78 is 0. The number of benzene rings is 2. The third-order valence-corrected chi connectivity index (χ3v) is 3.93. The molecule has 116 valence electrons. The third kappa shape index (κ3) is 4.15. The molecule has 0 atom stereocenters.